The minimum absolute atomic E-state index is 0.0584. The van der Waals surface area contributed by atoms with Gasteiger partial charge in [-0.1, -0.05) is 12.1 Å². The van der Waals surface area contributed by atoms with Crippen molar-refractivity contribution in [3.63, 3.8) is 0 Å². The first kappa shape index (κ1) is 15.2. The van der Waals surface area contributed by atoms with Crippen LogP contribution in [-0.2, 0) is 22.4 Å². The summed E-state index contributed by atoms with van der Waals surface area (Å²) in [6.07, 6.45) is -0.321. The highest BCUT2D eigenvalue weighted by atomic mass is 19.1. The first-order valence-electron chi connectivity index (χ1n) is 5.58. The van der Waals surface area contributed by atoms with Gasteiger partial charge in [0.05, 0.1) is 13.5 Å². The second kappa shape index (κ2) is 6.91. The summed E-state index contributed by atoms with van der Waals surface area (Å²) in [4.78, 5) is 11.1. The number of carbonyl (C=O) groups is 1. The molecule has 0 radical (unpaired) electrons. The average molecular weight is 274 g/mol. The van der Waals surface area contributed by atoms with Crippen molar-refractivity contribution in [3.8, 4) is 12.1 Å². The molecule has 0 saturated heterocycles. The summed E-state index contributed by atoms with van der Waals surface area (Å²) in [5, 5.41) is 26.7. The fourth-order valence-electron chi connectivity index (χ4n) is 1.51. The fraction of sp³-hybridized carbons (Fsp3) is 0.214. The van der Waals surface area contributed by atoms with Crippen molar-refractivity contribution in [2.75, 3.05) is 7.11 Å². The van der Waals surface area contributed by atoms with Crippen molar-refractivity contribution in [3.05, 3.63) is 46.5 Å². The van der Waals surface area contributed by atoms with Crippen molar-refractivity contribution >= 4 is 5.97 Å². The molecule has 1 aromatic rings. The number of aliphatic hydroxyl groups is 1. The number of halogens is 1. The average Bonchev–Trinajstić information content (AvgIpc) is 2.43. The van der Waals surface area contributed by atoms with E-state index in [1.165, 1.54) is 31.4 Å². The molecule has 5 nitrogen and oxygen atoms in total. The number of aliphatic hydroxyl groups excluding tert-OH is 1. The molecule has 0 amide bonds. The van der Waals surface area contributed by atoms with Crippen LogP contribution in [0.2, 0.25) is 0 Å². The van der Waals surface area contributed by atoms with Crippen molar-refractivity contribution in [2.45, 2.75) is 12.8 Å². The number of nitrogens with zero attached hydrogens (tertiary/aromatic N) is 2. The lowest BCUT2D eigenvalue weighted by Crippen LogP contribution is -2.05. The predicted octanol–water partition coefficient (Wildman–Crippen LogP) is 1.94. The third-order valence-electron chi connectivity index (χ3n) is 2.56. The number of carbonyl (C=O) groups excluding carboxylic acids is 1. The largest absolute Gasteiger partial charge is 0.510 e. The van der Waals surface area contributed by atoms with E-state index < -0.39 is 23.1 Å². The Balaban J connectivity index is 2.96. The van der Waals surface area contributed by atoms with Gasteiger partial charge in [0.2, 0.25) is 0 Å². The minimum Gasteiger partial charge on any atom is -0.510 e. The first-order valence-corrected chi connectivity index (χ1v) is 5.58. The zero-order chi connectivity index (χ0) is 15.1. The highest BCUT2D eigenvalue weighted by Gasteiger charge is 2.11. The summed E-state index contributed by atoms with van der Waals surface area (Å²) in [7, 11) is 1.24. The van der Waals surface area contributed by atoms with E-state index in [4.69, 9.17) is 10.5 Å². The van der Waals surface area contributed by atoms with Crippen molar-refractivity contribution in [2.24, 2.45) is 0 Å². The molecule has 0 aliphatic carbocycles. The fourth-order valence-corrected chi connectivity index (χ4v) is 1.51. The van der Waals surface area contributed by atoms with Crippen LogP contribution < -0.4 is 0 Å². The summed E-state index contributed by atoms with van der Waals surface area (Å²) < 4.78 is 18.3. The van der Waals surface area contributed by atoms with Crippen LogP contribution in [0, 0.1) is 28.5 Å². The van der Waals surface area contributed by atoms with Gasteiger partial charge in [0.1, 0.15) is 23.7 Å². The maximum atomic E-state index is 13.8. The van der Waals surface area contributed by atoms with Gasteiger partial charge in [-0.15, -0.1) is 0 Å². The molecule has 102 valence electrons. The number of nitriles is 2. The molecule has 0 unspecified atom stereocenters. The lowest BCUT2D eigenvalue weighted by atomic mass is 10.0. The molecule has 0 heterocycles. The number of ether oxygens (including phenoxy) is 1. The van der Waals surface area contributed by atoms with Crippen molar-refractivity contribution in [1.82, 2.24) is 0 Å². The molecule has 0 aliphatic rings. The number of methoxy groups -OCH3 is 1. The van der Waals surface area contributed by atoms with E-state index in [1.807, 2.05) is 0 Å². The van der Waals surface area contributed by atoms with E-state index in [9.17, 15) is 14.3 Å². The van der Waals surface area contributed by atoms with Gasteiger partial charge < -0.3 is 9.84 Å². The van der Waals surface area contributed by atoms with E-state index in [1.54, 1.807) is 0 Å². The zero-order valence-corrected chi connectivity index (χ0v) is 10.7. The van der Waals surface area contributed by atoms with E-state index >= 15 is 0 Å². The Morgan fingerprint density at radius 1 is 1.35 bits per heavy atom. The van der Waals surface area contributed by atoms with Gasteiger partial charge in [0.25, 0.3) is 0 Å². The number of rotatable bonds is 4. The van der Waals surface area contributed by atoms with Crippen LogP contribution in [0.25, 0.3) is 0 Å². The third-order valence-corrected chi connectivity index (χ3v) is 2.56. The van der Waals surface area contributed by atoms with Crippen LogP contribution in [0.4, 0.5) is 4.39 Å². The summed E-state index contributed by atoms with van der Waals surface area (Å²) in [5.41, 5.74) is 0.101. The maximum Gasteiger partial charge on any atom is 0.309 e. The molecule has 1 aromatic carbocycles. The SMILES string of the molecule is COC(=O)Cc1ccc(CC(O)=C(C#N)C#N)c(F)c1. The Bertz CT molecular complexity index is 623. The Morgan fingerprint density at radius 3 is 2.50 bits per heavy atom. The zero-order valence-electron chi connectivity index (χ0n) is 10.7. The molecular weight excluding hydrogens is 263 g/mol. The van der Waals surface area contributed by atoms with E-state index in [2.05, 4.69) is 4.74 Å². The second-order valence-electron chi connectivity index (χ2n) is 3.90. The van der Waals surface area contributed by atoms with Crippen LogP contribution in [-0.4, -0.2) is 18.2 Å². The molecule has 0 fully saturated rings. The summed E-state index contributed by atoms with van der Waals surface area (Å²) in [6.45, 7) is 0. The number of benzene rings is 1. The smallest absolute Gasteiger partial charge is 0.309 e. The number of esters is 1. The van der Waals surface area contributed by atoms with E-state index in [0.29, 0.717) is 5.56 Å². The molecule has 1 rings (SSSR count). The molecule has 0 spiro atoms. The van der Waals surface area contributed by atoms with E-state index in [0.717, 1.165) is 6.07 Å². The molecular formula is C14H11FN2O3. The van der Waals surface area contributed by atoms with Crippen LogP contribution in [0.1, 0.15) is 11.1 Å². The molecule has 0 aromatic heterocycles. The standard InChI is InChI=1S/C14H11FN2O3/c1-20-14(19)5-9-2-3-10(12(15)4-9)6-13(18)11(7-16)8-17/h2-4,18H,5-6H2,1H3. The normalized spacial score (nSPS) is 9.20. The monoisotopic (exact) mass is 274 g/mol. The number of hydrogen-bond donors (Lipinski definition) is 1. The van der Waals surface area contributed by atoms with Crippen LogP contribution in [0.3, 0.4) is 0 Å². The van der Waals surface area contributed by atoms with Gasteiger partial charge in [0, 0.05) is 6.42 Å². The molecule has 0 atom stereocenters. The van der Waals surface area contributed by atoms with E-state index in [-0.39, 0.29) is 18.4 Å². The lowest BCUT2D eigenvalue weighted by Gasteiger charge is -2.05. The predicted molar refractivity (Wildman–Crippen MR) is 66.7 cm³/mol. The van der Waals surface area contributed by atoms with Gasteiger partial charge in [-0.25, -0.2) is 4.39 Å². The van der Waals surface area contributed by atoms with Crippen LogP contribution >= 0.6 is 0 Å². The lowest BCUT2D eigenvalue weighted by molar-refractivity contribution is -0.139. The topological polar surface area (TPSA) is 94.1 Å². The van der Waals surface area contributed by atoms with Gasteiger partial charge >= 0.3 is 5.97 Å². The molecule has 20 heavy (non-hydrogen) atoms. The van der Waals surface area contributed by atoms with Gasteiger partial charge in [0.15, 0.2) is 5.57 Å². The molecule has 0 bridgehead atoms. The molecule has 0 aliphatic heterocycles. The first-order chi connectivity index (χ1) is 9.51. The van der Waals surface area contributed by atoms with Crippen LogP contribution in [0.15, 0.2) is 29.5 Å². The highest BCUT2D eigenvalue weighted by Crippen LogP contribution is 2.16. The quantitative estimate of drug-likeness (QED) is 0.514. The molecule has 0 saturated carbocycles. The maximum absolute atomic E-state index is 13.8. The van der Waals surface area contributed by atoms with Gasteiger partial charge in [-0.3, -0.25) is 4.79 Å². The van der Waals surface area contributed by atoms with Crippen molar-refractivity contribution < 1.29 is 19.0 Å². The summed E-state index contributed by atoms with van der Waals surface area (Å²) in [5.74, 6) is -1.61. The Morgan fingerprint density at radius 2 is 2.00 bits per heavy atom. The number of allylic oxidation sites excluding steroid dienone is 2. The third kappa shape index (κ3) is 3.82. The Kier molecular flexibility index (Phi) is 5.25. The van der Waals surface area contributed by atoms with Gasteiger partial charge in [-0.2, -0.15) is 10.5 Å². The molecule has 6 heteroatoms. The Labute approximate surface area is 115 Å². The number of hydrogen-bond acceptors (Lipinski definition) is 5. The summed E-state index contributed by atoms with van der Waals surface area (Å²) in [6, 6.07) is 7.09. The highest BCUT2D eigenvalue weighted by molar-refractivity contribution is 5.72. The summed E-state index contributed by atoms with van der Waals surface area (Å²) >= 11 is 0. The molecule has 1 N–H and O–H groups in total. The minimum atomic E-state index is -0.631. The van der Waals surface area contributed by atoms with Gasteiger partial charge in [-0.05, 0) is 17.2 Å². The van der Waals surface area contributed by atoms with Crippen LogP contribution in [0.5, 0.6) is 0 Å². The van der Waals surface area contributed by atoms with Crippen molar-refractivity contribution in [1.29, 1.82) is 10.5 Å². The Hall–Kier alpha value is -2.86. The second-order valence-corrected chi connectivity index (χ2v) is 3.90.